The minimum absolute atomic E-state index is 0.0389. The Morgan fingerprint density at radius 2 is 2.04 bits per heavy atom. The fourth-order valence-corrected chi connectivity index (χ4v) is 4.21. The van der Waals surface area contributed by atoms with Crippen molar-refractivity contribution < 1.29 is 9.90 Å². The van der Waals surface area contributed by atoms with Crippen molar-refractivity contribution >= 4 is 17.3 Å². The Bertz CT molecular complexity index is 699. The van der Waals surface area contributed by atoms with E-state index in [0.717, 1.165) is 37.0 Å². The lowest BCUT2D eigenvalue weighted by Gasteiger charge is -2.36. The van der Waals surface area contributed by atoms with Crippen molar-refractivity contribution in [1.29, 1.82) is 0 Å². The van der Waals surface area contributed by atoms with E-state index >= 15 is 0 Å². The molecule has 7 heteroatoms. The number of carboxylic acid groups (broad SMARTS) is 1. The second-order valence-electron chi connectivity index (χ2n) is 6.10. The molecule has 4 rings (SSSR count). The van der Waals surface area contributed by atoms with E-state index in [2.05, 4.69) is 14.9 Å². The molecular weight excluding hydrogens is 312 g/mol. The predicted molar refractivity (Wildman–Crippen MR) is 86.7 cm³/mol. The van der Waals surface area contributed by atoms with Crippen LogP contribution in [0.2, 0.25) is 0 Å². The van der Waals surface area contributed by atoms with Gasteiger partial charge in [0.05, 0.1) is 18.1 Å². The van der Waals surface area contributed by atoms with E-state index in [1.807, 2.05) is 0 Å². The largest absolute Gasteiger partial charge is 0.476 e. The van der Waals surface area contributed by atoms with Gasteiger partial charge in [-0.3, -0.25) is 4.90 Å². The predicted octanol–water partition coefficient (Wildman–Crippen LogP) is 2.25. The highest BCUT2D eigenvalue weighted by Gasteiger charge is 2.27. The van der Waals surface area contributed by atoms with Crippen molar-refractivity contribution in [2.75, 3.05) is 13.1 Å². The Labute approximate surface area is 138 Å². The van der Waals surface area contributed by atoms with Crippen LogP contribution in [0.3, 0.4) is 0 Å². The minimum atomic E-state index is -1.06. The summed E-state index contributed by atoms with van der Waals surface area (Å²) in [6.45, 7) is 2.20. The van der Waals surface area contributed by atoms with E-state index < -0.39 is 5.97 Å². The van der Waals surface area contributed by atoms with E-state index in [1.165, 1.54) is 42.2 Å². The zero-order chi connectivity index (χ0) is 15.8. The number of nitrogens with zero attached hydrogens (tertiary/aromatic N) is 4. The molecule has 0 unspecified atom stereocenters. The molecule has 2 aromatic rings. The average Bonchev–Trinajstić information content (AvgIpc) is 2.82. The van der Waals surface area contributed by atoms with Gasteiger partial charge in [0, 0.05) is 30.4 Å². The van der Waals surface area contributed by atoms with Crippen molar-refractivity contribution in [3.63, 3.8) is 0 Å². The average molecular weight is 330 g/mol. The van der Waals surface area contributed by atoms with Gasteiger partial charge >= 0.3 is 5.97 Å². The molecule has 0 bridgehead atoms. The van der Waals surface area contributed by atoms with Crippen molar-refractivity contribution in [2.45, 2.75) is 38.1 Å². The van der Waals surface area contributed by atoms with Gasteiger partial charge in [-0.25, -0.2) is 19.7 Å². The molecule has 0 radical (unpaired) electrons. The van der Waals surface area contributed by atoms with Crippen LogP contribution in [0.4, 0.5) is 0 Å². The number of carbonyl (C=O) groups is 1. The summed E-state index contributed by atoms with van der Waals surface area (Å²) in [6.07, 6.45) is 8.89. The maximum absolute atomic E-state index is 10.8. The summed E-state index contributed by atoms with van der Waals surface area (Å²) in [5.41, 5.74) is 1.79. The summed E-state index contributed by atoms with van der Waals surface area (Å²) < 4.78 is 0. The molecule has 2 aromatic heterocycles. The van der Waals surface area contributed by atoms with Gasteiger partial charge in [-0.05, 0) is 19.3 Å². The maximum atomic E-state index is 10.8. The summed E-state index contributed by atoms with van der Waals surface area (Å²) in [6, 6.07) is 0.790. The topological polar surface area (TPSA) is 79.2 Å². The van der Waals surface area contributed by atoms with Crippen LogP contribution in [-0.4, -0.2) is 50.1 Å². The molecule has 0 amide bonds. The number of rotatable bonds is 3. The summed E-state index contributed by atoms with van der Waals surface area (Å²) in [5, 5.41) is 9.73. The first-order chi connectivity index (χ1) is 11.2. The minimum Gasteiger partial charge on any atom is -0.476 e. The Morgan fingerprint density at radius 1 is 1.22 bits per heavy atom. The van der Waals surface area contributed by atoms with E-state index in [1.54, 1.807) is 11.3 Å². The first kappa shape index (κ1) is 14.7. The van der Waals surface area contributed by atoms with E-state index in [0.29, 0.717) is 5.69 Å². The number of thiazole rings is 1. The molecular formula is C16H18N4O2S. The van der Waals surface area contributed by atoms with Crippen molar-refractivity contribution in [1.82, 2.24) is 19.9 Å². The maximum Gasteiger partial charge on any atom is 0.356 e. The van der Waals surface area contributed by atoms with Crippen LogP contribution in [0.25, 0.3) is 10.7 Å². The Balaban J connectivity index is 1.52. The normalized spacial score (nSPS) is 19.0. The highest BCUT2D eigenvalue weighted by Crippen LogP contribution is 2.31. The number of hydrogen-bond donors (Lipinski definition) is 1. The van der Waals surface area contributed by atoms with Crippen LogP contribution in [0.1, 0.15) is 40.3 Å². The Morgan fingerprint density at radius 3 is 2.70 bits per heavy atom. The second kappa shape index (κ2) is 5.98. The molecule has 1 aliphatic carbocycles. The van der Waals surface area contributed by atoms with Gasteiger partial charge in [0.15, 0.2) is 5.69 Å². The van der Waals surface area contributed by atoms with Crippen molar-refractivity contribution in [3.05, 3.63) is 28.7 Å². The first-order valence-electron chi connectivity index (χ1n) is 7.99. The van der Waals surface area contributed by atoms with Crippen LogP contribution in [0.5, 0.6) is 0 Å². The molecule has 0 spiro atoms. The molecule has 1 aliphatic heterocycles. The van der Waals surface area contributed by atoms with E-state index in [4.69, 9.17) is 10.1 Å². The lowest BCUT2D eigenvalue weighted by Crippen LogP contribution is -2.41. The number of fused-ring (bicyclic) bond motifs is 1. The molecule has 23 heavy (non-hydrogen) atoms. The van der Waals surface area contributed by atoms with E-state index in [9.17, 15) is 4.79 Å². The van der Waals surface area contributed by atoms with Gasteiger partial charge in [-0.1, -0.05) is 6.42 Å². The van der Waals surface area contributed by atoms with Gasteiger partial charge in [-0.2, -0.15) is 0 Å². The highest BCUT2D eigenvalue weighted by atomic mass is 32.1. The molecule has 6 nitrogen and oxygen atoms in total. The van der Waals surface area contributed by atoms with Crippen LogP contribution in [0, 0.1) is 0 Å². The van der Waals surface area contributed by atoms with Gasteiger partial charge in [-0.15, -0.1) is 11.3 Å². The van der Waals surface area contributed by atoms with Gasteiger partial charge in [0.1, 0.15) is 10.7 Å². The van der Waals surface area contributed by atoms with Gasteiger partial charge in [0.25, 0.3) is 0 Å². The number of hydrogen-bond acceptors (Lipinski definition) is 6. The van der Waals surface area contributed by atoms with Crippen LogP contribution in [0.15, 0.2) is 12.4 Å². The fourth-order valence-electron chi connectivity index (χ4n) is 3.16. The highest BCUT2D eigenvalue weighted by molar-refractivity contribution is 7.15. The second-order valence-corrected chi connectivity index (χ2v) is 7.19. The quantitative estimate of drug-likeness (QED) is 0.930. The molecule has 1 N–H and O–H groups in total. The molecule has 3 heterocycles. The number of aromatic nitrogens is 3. The van der Waals surface area contributed by atoms with Crippen LogP contribution >= 0.6 is 11.3 Å². The van der Waals surface area contributed by atoms with Gasteiger partial charge < -0.3 is 5.11 Å². The standard InChI is InChI=1S/C16H18N4O2S/c21-16(22)13-9-17-12(8-18-13)15-19-11-4-6-20(10-2-1-3-10)7-5-14(11)23-15/h8-10H,1-7H2,(H,21,22). The Kier molecular flexibility index (Phi) is 3.82. The summed E-state index contributed by atoms with van der Waals surface area (Å²) in [4.78, 5) is 27.7. The van der Waals surface area contributed by atoms with Crippen LogP contribution in [-0.2, 0) is 12.8 Å². The molecule has 120 valence electrons. The third kappa shape index (κ3) is 2.86. The third-order valence-electron chi connectivity index (χ3n) is 4.72. The smallest absolute Gasteiger partial charge is 0.356 e. The zero-order valence-corrected chi connectivity index (χ0v) is 13.6. The molecule has 0 aromatic carbocycles. The molecule has 0 atom stereocenters. The summed E-state index contributed by atoms with van der Waals surface area (Å²) in [7, 11) is 0. The van der Waals surface area contributed by atoms with Gasteiger partial charge in [0.2, 0.25) is 0 Å². The lowest BCUT2D eigenvalue weighted by atomic mass is 9.91. The summed E-state index contributed by atoms with van der Waals surface area (Å²) in [5.74, 6) is -1.06. The Hall–Kier alpha value is -1.86. The van der Waals surface area contributed by atoms with E-state index in [-0.39, 0.29) is 5.69 Å². The molecule has 1 saturated carbocycles. The fraction of sp³-hybridized carbons (Fsp3) is 0.500. The third-order valence-corrected chi connectivity index (χ3v) is 5.90. The lowest BCUT2D eigenvalue weighted by molar-refractivity contribution is 0.0690. The number of carboxylic acids is 1. The molecule has 2 aliphatic rings. The first-order valence-corrected chi connectivity index (χ1v) is 8.80. The van der Waals surface area contributed by atoms with Crippen molar-refractivity contribution in [2.24, 2.45) is 0 Å². The zero-order valence-electron chi connectivity index (χ0n) is 12.7. The van der Waals surface area contributed by atoms with Crippen LogP contribution < -0.4 is 0 Å². The van der Waals surface area contributed by atoms with Crippen molar-refractivity contribution in [3.8, 4) is 10.7 Å². The number of aromatic carboxylic acids is 1. The SMILES string of the molecule is O=C(O)c1cnc(-c2nc3c(s2)CCN(C2CCC2)CC3)cn1. The molecule has 1 fully saturated rings. The summed E-state index contributed by atoms with van der Waals surface area (Å²) >= 11 is 1.67. The monoisotopic (exact) mass is 330 g/mol. The molecule has 0 saturated heterocycles.